The molecule has 21 heavy (non-hydrogen) atoms. The Bertz CT molecular complexity index is 659. The lowest BCUT2D eigenvalue weighted by atomic mass is 10.2. The first-order valence-corrected chi connectivity index (χ1v) is 7.39. The molecule has 5 nitrogen and oxygen atoms in total. The fourth-order valence-corrected chi connectivity index (χ4v) is 2.37. The van der Waals surface area contributed by atoms with Crippen LogP contribution in [0.5, 0.6) is 11.5 Å². The molecule has 2 aromatic carbocycles. The average molecular weight is 398 g/mol. The Morgan fingerprint density at radius 3 is 2.57 bits per heavy atom. The van der Waals surface area contributed by atoms with E-state index in [0.717, 1.165) is 9.13 Å². The number of nitrogens with zero attached hydrogens (tertiary/aromatic N) is 2. The average Bonchev–Trinajstić information content (AvgIpc) is 2.42. The Kier molecular flexibility index (Phi) is 5.13. The third kappa shape index (κ3) is 4.15. The molecule has 0 aliphatic rings. The highest BCUT2D eigenvalue weighted by atomic mass is 127. The number of rotatable bonds is 5. The topological polar surface area (TPSA) is 55.6 Å². The summed E-state index contributed by atoms with van der Waals surface area (Å²) in [5.74, 6) is 0.898. The summed E-state index contributed by atoms with van der Waals surface area (Å²) in [7, 11) is 3.93. The van der Waals surface area contributed by atoms with Crippen LogP contribution < -0.4 is 4.74 Å². The molecule has 6 heteroatoms. The number of benzene rings is 2. The van der Waals surface area contributed by atoms with Gasteiger partial charge >= 0.3 is 5.69 Å². The van der Waals surface area contributed by atoms with Gasteiger partial charge in [-0.15, -0.1) is 0 Å². The van der Waals surface area contributed by atoms with E-state index in [0.29, 0.717) is 12.3 Å². The normalized spacial score (nSPS) is 10.7. The molecule has 0 bridgehead atoms. The minimum Gasteiger partial charge on any atom is -0.450 e. The van der Waals surface area contributed by atoms with Crippen LogP contribution in [0.25, 0.3) is 0 Å². The minimum atomic E-state index is -0.436. The van der Waals surface area contributed by atoms with E-state index in [1.165, 1.54) is 6.07 Å². The second-order valence-electron chi connectivity index (χ2n) is 4.82. The van der Waals surface area contributed by atoms with Crippen molar-refractivity contribution >= 4 is 28.3 Å². The van der Waals surface area contributed by atoms with Crippen molar-refractivity contribution in [2.45, 2.75) is 6.54 Å². The van der Waals surface area contributed by atoms with Gasteiger partial charge in [-0.3, -0.25) is 10.1 Å². The number of nitro benzene ring substituents is 1. The highest BCUT2D eigenvalue weighted by Gasteiger charge is 2.16. The molecular weight excluding hydrogens is 383 g/mol. The molecule has 0 unspecified atom stereocenters. The number of halogens is 1. The van der Waals surface area contributed by atoms with E-state index >= 15 is 0 Å². The zero-order valence-electron chi connectivity index (χ0n) is 11.7. The third-order valence-electron chi connectivity index (χ3n) is 2.80. The van der Waals surface area contributed by atoms with Gasteiger partial charge in [0.15, 0.2) is 0 Å². The maximum atomic E-state index is 11.1. The van der Waals surface area contributed by atoms with Crippen LogP contribution >= 0.6 is 22.6 Å². The van der Waals surface area contributed by atoms with Crippen LogP contribution in [0.2, 0.25) is 0 Å². The van der Waals surface area contributed by atoms with Gasteiger partial charge in [-0.05, 0) is 54.9 Å². The smallest absolute Gasteiger partial charge is 0.311 e. The molecule has 0 amide bonds. The molecule has 0 atom stereocenters. The largest absolute Gasteiger partial charge is 0.450 e. The van der Waals surface area contributed by atoms with E-state index in [2.05, 4.69) is 22.6 Å². The lowest BCUT2D eigenvalue weighted by molar-refractivity contribution is -0.385. The van der Waals surface area contributed by atoms with Crippen LogP contribution in [-0.4, -0.2) is 23.9 Å². The molecular formula is C15H15IN2O3. The maximum absolute atomic E-state index is 11.1. The van der Waals surface area contributed by atoms with E-state index in [9.17, 15) is 10.1 Å². The monoisotopic (exact) mass is 398 g/mol. The minimum absolute atomic E-state index is 0.0350. The molecule has 0 radical (unpaired) electrons. The van der Waals surface area contributed by atoms with Crippen LogP contribution in [-0.2, 0) is 6.54 Å². The van der Waals surface area contributed by atoms with Crippen molar-refractivity contribution in [3.05, 3.63) is 61.7 Å². The summed E-state index contributed by atoms with van der Waals surface area (Å²) in [6.07, 6.45) is 0. The molecule has 2 aromatic rings. The standard InChI is InChI=1S/C15H15IN2O3/c1-17(2)10-11-7-8-12(16)9-15(11)21-14-6-4-3-5-13(14)18(19)20/h3-9H,10H2,1-2H3. The quantitative estimate of drug-likeness (QED) is 0.433. The summed E-state index contributed by atoms with van der Waals surface area (Å²) in [5, 5.41) is 11.1. The van der Waals surface area contributed by atoms with Crippen LogP contribution in [0.1, 0.15) is 5.56 Å². The third-order valence-corrected chi connectivity index (χ3v) is 3.47. The summed E-state index contributed by atoms with van der Waals surface area (Å²) in [6.45, 7) is 0.701. The van der Waals surface area contributed by atoms with E-state index in [1.807, 2.05) is 37.2 Å². The molecule has 0 aliphatic heterocycles. The zero-order chi connectivity index (χ0) is 15.4. The van der Waals surface area contributed by atoms with E-state index < -0.39 is 4.92 Å². The van der Waals surface area contributed by atoms with E-state index in [-0.39, 0.29) is 11.4 Å². The van der Waals surface area contributed by atoms with Gasteiger partial charge in [0.25, 0.3) is 0 Å². The number of hydrogen-bond donors (Lipinski definition) is 0. The Balaban J connectivity index is 2.39. The lowest BCUT2D eigenvalue weighted by Crippen LogP contribution is -2.11. The SMILES string of the molecule is CN(C)Cc1ccc(I)cc1Oc1ccccc1[N+](=O)[O-]. The van der Waals surface area contributed by atoms with Crippen molar-refractivity contribution in [3.8, 4) is 11.5 Å². The lowest BCUT2D eigenvalue weighted by Gasteiger charge is -2.15. The summed E-state index contributed by atoms with van der Waals surface area (Å²) < 4.78 is 6.83. The Hall–Kier alpha value is -1.67. The number of ether oxygens (including phenoxy) is 1. The maximum Gasteiger partial charge on any atom is 0.311 e. The molecule has 0 saturated heterocycles. The van der Waals surface area contributed by atoms with Crippen LogP contribution in [0.4, 0.5) is 5.69 Å². The fraction of sp³-hybridized carbons (Fsp3) is 0.200. The first-order chi connectivity index (χ1) is 9.97. The predicted molar refractivity (Wildman–Crippen MR) is 89.7 cm³/mol. The van der Waals surface area contributed by atoms with Crippen LogP contribution in [0.15, 0.2) is 42.5 Å². The summed E-state index contributed by atoms with van der Waals surface area (Å²) in [5.41, 5.74) is 0.950. The van der Waals surface area contributed by atoms with Crippen molar-refractivity contribution < 1.29 is 9.66 Å². The van der Waals surface area contributed by atoms with Crippen molar-refractivity contribution in [1.29, 1.82) is 0 Å². The fourth-order valence-electron chi connectivity index (χ4n) is 1.91. The molecule has 0 fully saturated rings. The van der Waals surface area contributed by atoms with Gasteiger partial charge < -0.3 is 9.64 Å². The Morgan fingerprint density at radius 1 is 1.19 bits per heavy atom. The van der Waals surface area contributed by atoms with E-state index in [4.69, 9.17) is 4.74 Å². The summed E-state index contributed by atoms with van der Waals surface area (Å²) in [4.78, 5) is 12.6. The Morgan fingerprint density at radius 2 is 1.90 bits per heavy atom. The highest BCUT2D eigenvalue weighted by Crippen LogP contribution is 2.33. The van der Waals surface area contributed by atoms with Crippen LogP contribution in [0, 0.1) is 13.7 Å². The molecule has 110 valence electrons. The van der Waals surface area contributed by atoms with E-state index in [1.54, 1.807) is 18.2 Å². The van der Waals surface area contributed by atoms with Crippen molar-refractivity contribution in [1.82, 2.24) is 4.90 Å². The van der Waals surface area contributed by atoms with Crippen molar-refractivity contribution in [2.24, 2.45) is 0 Å². The second-order valence-corrected chi connectivity index (χ2v) is 6.06. The molecule has 0 N–H and O–H groups in total. The Labute approximate surface area is 136 Å². The van der Waals surface area contributed by atoms with Gasteiger partial charge in [-0.1, -0.05) is 18.2 Å². The second kappa shape index (κ2) is 6.86. The van der Waals surface area contributed by atoms with Crippen molar-refractivity contribution in [3.63, 3.8) is 0 Å². The molecule has 0 saturated carbocycles. The highest BCUT2D eigenvalue weighted by molar-refractivity contribution is 14.1. The van der Waals surface area contributed by atoms with Gasteiger partial charge in [0.1, 0.15) is 5.75 Å². The molecule has 0 heterocycles. The molecule has 0 aliphatic carbocycles. The predicted octanol–water partition coefficient (Wildman–Crippen LogP) is 4.05. The number of para-hydroxylation sites is 2. The first kappa shape index (κ1) is 15.7. The molecule has 0 aromatic heterocycles. The zero-order valence-corrected chi connectivity index (χ0v) is 13.9. The number of nitro groups is 1. The number of hydrogen-bond acceptors (Lipinski definition) is 4. The van der Waals surface area contributed by atoms with Gasteiger partial charge in [0.05, 0.1) is 4.92 Å². The van der Waals surface area contributed by atoms with Crippen molar-refractivity contribution in [2.75, 3.05) is 14.1 Å². The summed E-state index contributed by atoms with van der Waals surface area (Å²) >= 11 is 2.19. The molecule has 2 rings (SSSR count). The van der Waals surface area contributed by atoms with Gasteiger partial charge in [0, 0.05) is 21.7 Å². The van der Waals surface area contributed by atoms with Gasteiger partial charge in [-0.25, -0.2) is 0 Å². The van der Waals surface area contributed by atoms with Gasteiger partial charge in [0.2, 0.25) is 5.75 Å². The van der Waals surface area contributed by atoms with Gasteiger partial charge in [-0.2, -0.15) is 0 Å². The summed E-state index contributed by atoms with van der Waals surface area (Å²) in [6, 6.07) is 12.3. The van der Waals surface area contributed by atoms with Crippen LogP contribution in [0.3, 0.4) is 0 Å². The molecule has 0 spiro atoms. The first-order valence-electron chi connectivity index (χ1n) is 6.32.